The lowest BCUT2D eigenvalue weighted by atomic mass is 10.2. The van der Waals surface area contributed by atoms with Gasteiger partial charge < -0.3 is 10.6 Å². The van der Waals surface area contributed by atoms with Crippen LogP contribution in [0.15, 0.2) is 36.9 Å². The van der Waals surface area contributed by atoms with Crippen LogP contribution in [0.25, 0.3) is 0 Å². The number of rotatable bonds is 6. The second-order valence-electron chi connectivity index (χ2n) is 3.59. The summed E-state index contributed by atoms with van der Waals surface area (Å²) in [5, 5.41) is 5.52. The van der Waals surface area contributed by atoms with Gasteiger partial charge in [0.2, 0.25) is 5.91 Å². The van der Waals surface area contributed by atoms with E-state index in [1.807, 2.05) is 0 Å². The third kappa shape index (κ3) is 4.59. The Hall–Kier alpha value is -1.81. The Morgan fingerprint density at radius 2 is 2.00 bits per heavy atom. The Labute approximate surface area is 111 Å². The first-order valence-corrected chi connectivity index (χ1v) is 5.93. The molecule has 0 saturated carbocycles. The zero-order valence-corrected chi connectivity index (χ0v) is 10.7. The van der Waals surface area contributed by atoms with Gasteiger partial charge in [0.05, 0.1) is 17.1 Å². The summed E-state index contributed by atoms with van der Waals surface area (Å²) in [5.41, 5.74) is 0.359. The van der Waals surface area contributed by atoms with Gasteiger partial charge in [0.1, 0.15) is 0 Å². The molecule has 0 saturated heterocycles. The van der Waals surface area contributed by atoms with E-state index in [0.29, 0.717) is 23.6 Å². The van der Waals surface area contributed by atoms with E-state index in [4.69, 9.17) is 11.6 Å². The molecule has 0 aliphatic heterocycles. The molecule has 2 amide bonds. The van der Waals surface area contributed by atoms with Gasteiger partial charge in [0, 0.05) is 6.54 Å². The summed E-state index contributed by atoms with van der Waals surface area (Å²) < 4.78 is 0. The number of hydrogen-bond donors (Lipinski definition) is 2. The van der Waals surface area contributed by atoms with Crippen molar-refractivity contribution in [2.75, 3.05) is 13.1 Å². The average molecular weight is 267 g/mol. The maximum Gasteiger partial charge on any atom is 0.253 e. The molecule has 5 heteroatoms. The molecule has 0 bridgehead atoms. The summed E-state index contributed by atoms with van der Waals surface area (Å²) in [6.45, 7) is 4.00. The van der Waals surface area contributed by atoms with Crippen LogP contribution in [0.5, 0.6) is 0 Å². The monoisotopic (exact) mass is 266 g/mol. The average Bonchev–Trinajstić information content (AvgIpc) is 2.37. The number of halogens is 1. The summed E-state index contributed by atoms with van der Waals surface area (Å²) in [5.74, 6) is -0.600. The number of carbonyl (C=O) groups is 2. The van der Waals surface area contributed by atoms with Crippen LogP contribution in [0.2, 0.25) is 5.02 Å². The molecule has 0 radical (unpaired) electrons. The first-order valence-electron chi connectivity index (χ1n) is 5.55. The predicted molar refractivity (Wildman–Crippen MR) is 71.6 cm³/mol. The molecule has 1 rings (SSSR count). The maximum absolute atomic E-state index is 11.7. The molecule has 0 fully saturated rings. The van der Waals surface area contributed by atoms with E-state index in [2.05, 4.69) is 17.2 Å². The number of hydrogen-bond acceptors (Lipinski definition) is 2. The van der Waals surface area contributed by atoms with Gasteiger partial charge in [0.25, 0.3) is 5.91 Å². The van der Waals surface area contributed by atoms with Gasteiger partial charge in [-0.2, -0.15) is 0 Å². The fourth-order valence-corrected chi connectivity index (χ4v) is 1.50. The quantitative estimate of drug-likeness (QED) is 0.609. The van der Waals surface area contributed by atoms with Crippen molar-refractivity contribution in [1.82, 2.24) is 10.6 Å². The van der Waals surface area contributed by atoms with Crippen LogP contribution in [-0.4, -0.2) is 24.9 Å². The van der Waals surface area contributed by atoms with Gasteiger partial charge in [-0.1, -0.05) is 29.8 Å². The number of amides is 2. The molecular weight excluding hydrogens is 252 g/mol. The Morgan fingerprint density at radius 1 is 1.28 bits per heavy atom. The van der Waals surface area contributed by atoms with E-state index in [1.165, 1.54) is 0 Å². The van der Waals surface area contributed by atoms with Crippen LogP contribution in [0.1, 0.15) is 16.8 Å². The molecule has 0 unspecified atom stereocenters. The van der Waals surface area contributed by atoms with Crippen LogP contribution in [0, 0.1) is 0 Å². The van der Waals surface area contributed by atoms with E-state index in [1.54, 1.807) is 30.3 Å². The highest BCUT2D eigenvalue weighted by Gasteiger charge is 2.10. The second-order valence-corrected chi connectivity index (χ2v) is 4.00. The third-order valence-corrected chi connectivity index (χ3v) is 2.53. The molecule has 4 nitrogen and oxygen atoms in total. The largest absolute Gasteiger partial charge is 0.354 e. The van der Waals surface area contributed by atoms with Gasteiger partial charge in [-0.15, -0.1) is 6.58 Å². The molecule has 0 heterocycles. The van der Waals surface area contributed by atoms with Crippen LogP contribution in [0.4, 0.5) is 0 Å². The zero-order chi connectivity index (χ0) is 13.4. The zero-order valence-electron chi connectivity index (χ0n) is 9.91. The normalized spacial score (nSPS) is 9.61. The van der Waals surface area contributed by atoms with Crippen molar-refractivity contribution in [2.45, 2.75) is 6.42 Å². The van der Waals surface area contributed by atoms with Gasteiger partial charge in [0.15, 0.2) is 0 Å². The van der Waals surface area contributed by atoms with Crippen molar-refractivity contribution < 1.29 is 9.59 Å². The fraction of sp³-hybridized carbons (Fsp3) is 0.231. The molecule has 0 aliphatic rings. The van der Waals surface area contributed by atoms with Gasteiger partial charge in [-0.25, -0.2) is 0 Å². The lowest BCUT2D eigenvalue weighted by Gasteiger charge is -2.07. The van der Waals surface area contributed by atoms with Crippen molar-refractivity contribution in [3.05, 3.63) is 47.5 Å². The minimum atomic E-state index is -0.362. The Balaban J connectivity index is 2.40. The number of nitrogens with one attached hydrogen (secondary N) is 2. The SMILES string of the molecule is C=CCCNC(=O)CNC(=O)c1ccccc1Cl. The summed E-state index contributed by atoms with van der Waals surface area (Å²) in [7, 11) is 0. The molecule has 96 valence electrons. The van der Waals surface area contributed by atoms with Crippen molar-refractivity contribution in [2.24, 2.45) is 0 Å². The van der Waals surface area contributed by atoms with E-state index in [0.717, 1.165) is 0 Å². The van der Waals surface area contributed by atoms with E-state index >= 15 is 0 Å². The maximum atomic E-state index is 11.7. The molecular formula is C13H15ClN2O2. The summed E-state index contributed by atoms with van der Waals surface area (Å²) in [6, 6.07) is 6.68. The number of carbonyl (C=O) groups excluding carboxylic acids is 2. The topological polar surface area (TPSA) is 58.2 Å². The summed E-state index contributed by atoms with van der Waals surface area (Å²) in [6.07, 6.45) is 2.41. The van der Waals surface area contributed by atoms with E-state index in [-0.39, 0.29) is 18.4 Å². The van der Waals surface area contributed by atoms with Gasteiger partial charge in [-0.05, 0) is 18.6 Å². The number of benzene rings is 1. The third-order valence-electron chi connectivity index (χ3n) is 2.20. The standard InChI is InChI=1S/C13H15ClN2O2/c1-2-3-8-15-12(17)9-16-13(18)10-6-4-5-7-11(10)14/h2,4-7H,1,3,8-9H2,(H,15,17)(H,16,18). The van der Waals surface area contributed by atoms with Gasteiger partial charge in [-0.3, -0.25) is 9.59 Å². The van der Waals surface area contributed by atoms with Crippen LogP contribution < -0.4 is 10.6 Å². The van der Waals surface area contributed by atoms with Crippen LogP contribution >= 0.6 is 11.6 Å². The van der Waals surface area contributed by atoms with Crippen LogP contribution in [-0.2, 0) is 4.79 Å². The Kier molecular flexibility index (Phi) is 5.94. The Morgan fingerprint density at radius 3 is 2.67 bits per heavy atom. The molecule has 18 heavy (non-hydrogen) atoms. The van der Waals surface area contributed by atoms with Crippen molar-refractivity contribution in [3.8, 4) is 0 Å². The molecule has 1 aromatic rings. The minimum Gasteiger partial charge on any atom is -0.354 e. The molecule has 0 aromatic heterocycles. The van der Waals surface area contributed by atoms with Crippen molar-refractivity contribution >= 4 is 23.4 Å². The molecule has 1 aromatic carbocycles. The lowest BCUT2D eigenvalue weighted by Crippen LogP contribution is -2.37. The van der Waals surface area contributed by atoms with E-state index in [9.17, 15) is 9.59 Å². The van der Waals surface area contributed by atoms with Crippen molar-refractivity contribution in [1.29, 1.82) is 0 Å². The molecule has 0 spiro atoms. The second kappa shape index (κ2) is 7.50. The smallest absolute Gasteiger partial charge is 0.253 e. The predicted octanol–water partition coefficient (Wildman–Crippen LogP) is 1.76. The first-order chi connectivity index (χ1) is 8.65. The lowest BCUT2D eigenvalue weighted by molar-refractivity contribution is -0.120. The Bertz CT molecular complexity index is 446. The molecule has 2 N–H and O–H groups in total. The molecule has 0 atom stereocenters. The highest BCUT2D eigenvalue weighted by molar-refractivity contribution is 6.33. The summed E-state index contributed by atoms with van der Waals surface area (Å²) in [4.78, 5) is 23.1. The van der Waals surface area contributed by atoms with Crippen LogP contribution in [0.3, 0.4) is 0 Å². The first kappa shape index (κ1) is 14.3. The molecule has 0 aliphatic carbocycles. The van der Waals surface area contributed by atoms with Crippen molar-refractivity contribution in [3.63, 3.8) is 0 Å². The van der Waals surface area contributed by atoms with E-state index < -0.39 is 0 Å². The minimum absolute atomic E-state index is 0.0683. The van der Waals surface area contributed by atoms with Gasteiger partial charge >= 0.3 is 0 Å². The highest BCUT2D eigenvalue weighted by atomic mass is 35.5. The fourth-order valence-electron chi connectivity index (χ4n) is 1.28. The summed E-state index contributed by atoms with van der Waals surface area (Å²) >= 11 is 5.86. The highest BCUT2D eigenvalue weighted by Crippen LogP contribution is 2.14.